The Labute approximate surface area is 121 Å². The van der Waals surface area contributed by atoms with Crippen molar-refractivity contribution in [1.29, 1.82) is 0 Å². The minimum atomic E-state index is 0.316. The molecule has 0 aromatic carbocycles. The van der Waals surface area contributed by atoms with Crippen molar-refractivity contribution in [2.45, 2.75) is 53.5 Å². The van der Waals surface area contributed by atoms with E-state index in [1.807, 2.05) is 13.8 Å². The predicted molar refractivity (Wildman–Crippen MR) is 82.3 cm³/mol. The van der Waals surface area contributed by atoms with Gasteiger partial charge in [-0.3, -0.25) is 0 Å². The second kappa shape index (κ2) is 8.55. The van der Waals surface area contributed by atoms with Gasteiger partial charge in [0.25, 0.3) is 0 Å². The highest BCUT2D eigenvalue weighted by atomic mass is 16.5. The molecule has 0 amide bonds. The van der Waals surface area contributed by atoms with Gasteiger partial charge in [-0.05, 0) is 26.7 Å². The zero-order valence-corrected chi connectivity index (χ0v) is 13.2. The van der Waals surface area contributed by atoms with E-state index in [-0.39, 0.29) is 0 Å². The van der Waals surface area contributed by atoms with Crippen LogP contribution in [-0.4, -0.2) is 34.1 Å². The summed E-state index contributed by atoms with van der Waals surface area (Å²) in [5, 5.41) is 6.45. The van der Waals surface area contributed by atoms with Gasteiger partial charge in [0.15, 0.2) is 0 Å². The predicted octanol–water partition coefficient (Wildman–Crippen LogP) is 2.94. The van der Waals surface area contributed by atoms with Crippen molar-refractivity contribution in [3.63, 3.8) is 0 Å². The summed E-state index contributed by atoms with van der Waals surface area (Å²) in [5.41, 5.74) is 0. The van der Waals surface area contributed by atoms with Crippen LogP contribution in [0, 0.1) is 5.92 Å². The number of nitrogens with zero attached hydrogens (tertiary/aromatic N) is 3. The second-order valence-corrected chi connectivity index (χ2v) is 4.74. The van der Waals surface area contributed by atoms with E-state index in [2.05, 4.69) is 46.4 Å². The molecule has 0 saturated carbocycles. The van der Waals surface area contributed by atoms with Crippen LogP contribution in [0.25, 0.3) is 0 Å². The molecule has 1 unspecified atom stereocenters. The van der Waals surface area contributed by atoms with Crippen LogP contribution in [0.5, 0.6) is 6.01 Å². The Balaban J connectivity index is 2.86. The summed E-state index contributed by atoms with van der Waals surface area (Å²) in [5.74, 6) is 1.72. The first-order valence-electron chi connectivity index (χ1n) is 7.53. The van der Waals surface area contributed by atoms with Crippen LogP contribution in [0.3, 0.4) is 0 Å². The average Bonchev–Trinajstić information content (AvgIpc) is 2.40. The summed E-state index contributed by atoms with van der Waals surface area (Å²) < 4.78 is 5.39. The molecule has 1 atom stereocenters. The molecule has 0 radical (unpaired) electrons. The van der Waals surface area contributed by atoms with E-state index < -0.39 is 0 Å². The summed E-state index contributed by atoms with van der Waals surface area (Å²) in [6.07, 6.45) is 2.27. The van der Waals surface area contributed by atoms with Crippen LogP contribution < -0.4 is 15.4 Å². The first-order chi connectivity index (χ1) is 9.64. The molecule has 114 valence electrons. The fourth-order valence-electron chi connectivity index (χ4n) is 2.17. The number of anilines is 2. The standard InChI is InChI=1S/C14H27N5O/c1-6-11(7-2)10(5)16-13-17-12(15-8-3)18-14(19-13)20-9-4/h10-11H,6-9H2,1-5H3,(H2,15,16,17,18,19). The summed E-state index contributed by atoms with van der Waals surface area (Å²) in [7, 11) is 0. The van der Waals surface area contributed by atoms with Crippen molar-refractivity contribution in [2.75, 3.05) is 23.8 Å². The van der Waals surface area contributed by atoms with Gasteiger partial charge in [-0.1, -0.05) is 26.7 Å². The molecule has 0 bridgehead atoms. The highest BCUT2D eigenvalue weighted by Gasteiger charge is 2.15. The Kier molecular flexibility index (Phi) is 7.04. The average molecular weight is 281 g/mol. The molecule has 0 aliphatic heterocycles. The topological polar surface area (TPSA) is 72.0 Å². The maximum absolute atomic E-state index is 5.39. The minimum absolute atomic E-state index is 0.316. The Morgan fingerprint density at radius 3 is 2.20 bits per heavy atom. The first-order valence-corrected chi connectivity index (χ1v) is 7.53. The number of rotatable bonds is 9. The number of hydrogen-bond acceptors (Lipinski definition) is 6. The second-order valence-electron chi connectivity index (χ2n) is 4.74. The van der Waals surface area contributed by atoms with Crippen LogP contribution in [0.4, 0.5) is 11.9 Å². The number of nitrogens with one attached hydrogen (secondary N) is 2. The van der Waals surface area contributed by atoms with Crippen LogP contribution in [0.2, 0.25) is 0 Å². The summed E-state index contributed by atoms with van der Waals surface area (Å²) >= 11 is 0. The molecule has 1 heterocycles. The maximum atomic E-state index is 5.39. The summed E-state index contributed by atoms with van der Waals surface area (Å²) in [4.78, 5) is 12.9. The quantitative estimate of drug-likeness (QED) is 0.725. The smallest absolute Gasteiger partial charge is 0.323 e. The van der Waals surface area contributed by atoms with Crippen molar-refractivity contribution in [3.8, 4) is 6.01 Å². The molecular formula is C14H27N5O. The molecule has 6 nitrogen and oxygen atoms in total. The van der Waals surface area contributed by atoms with Gasteiger partial charge in [0.05, 0.1) is 6.61 Å². The Bertz CT molecular complexity index is 371. The lowest BCUT2D eigenvalue weighted by molar-refractivity contribution is 0.312. The first kappa shape index (κ1) is 16.5. The third kappa shape index (κ3) is 4.83. The van der Waals surface area contributed by atoms with E-state index >= 15 is 0 Å². The molecule has 1 aromatic rings. The van der Waals surface area contributed by atoms with E-state index in [0.717, 1.165) is 19.4 Å². The molecule has 1 rings (SSSR count). The number of aromatic nitrogens is 3. The van der Waals surface area contributed by atoms with Gasteiger partial charge in [-0.2, -0.15) is 15.0 Å². The number of hydrogen-bond donors (Lipinski definition) is 2. The van der Waals surface area contributed by atoms with Gasteiger partial charge in [0, 0.05) is 12.6 Å². The van der Waals surface area contributed by atoms with Gasteiger partial charge in [0.1, 0.15) is 0 Å². The largest absolute Gasteiger partial charge is 0.464 e. The van der Waals surface area contributed by atoms with Crippen molar-refractivity contribution >= 4 is 11.9 Å². The highest BCUT2D eigenvalue weighted by molar-refractivity contribution is 5.36. The third-order valence-electron chi connectivity index (χ3n) is 3.34. The lowest BCUT2D eigenvalue weighted by Gasteiger charge is -2.22. The third-order valence-corrected chi connectivity index (χ3v) is 3.34. The van der Waals surface area contributed by atoms with Crippen molar-refractivity contribution in [3.05, 3.63) is 0 Å². The van der Waals surface area contributed by atoms with Gasteiger partial charge in [-0.25, -0.2) is 0 Å². The molecule has 1 aromatic heterocycles. The molecule has 0 fully saturated rings. The molecule has 2 N–H and O–H groups in total. The maximum Gasteiger partial charge on any atom is 0.323 e. The molecular weight excluding hydrogens is 254 g/mol. The SMILES string of the molecule is CCNc1nc(NC(C)C(CC)CC)nc(OCC)n1. The zero-order chi connectivity index (χ0) is 15.0. The Hall–Kier alpha value is -1.59. The molecule has 6 heteroatoms. The fraction of sp³-hybridized carbons (Fsp3) is 0.786. The van der Waals surface area contributed by atoms with E-state index in [1.54, 1.807) is 0 Å². The van der Waals surface area contributed by atoms with Crippen LogP contribution in [0.1, 0.15) is 47.5 Å². The van der Waals surface area contributed by atoms with Crippen LogP contribution in [-0.2, 0) is 0 Å². The summed E-state index contributed by atoms with van der Waals surface area (Å²) in [6, 6.07) is 0.675. The van der Waals surface area contributed by atoms with E-state index in [9.17, 15) is 0 Å². The molecule has 20 heavy (non-hydrogen) atoms. The van der Waals surface area contributed by atoms with E-state index in [4.69, 9.17) is 4.74 Å². The van der Waals surface area contributed by atoms with Gasteiger partial charge >= 0.3 is 6.01 Å². The molecule has 0 aliphatic rings. The van der Waals surface area contributed by atoms with Crippen molar-refractivity contribution in [2.24, 2.45) is 5.92 Å². The minimum Gasteiger partial charge on any atom is -0.464 e. The zero-order valence-electron chi connectivity index (χ0n) is 13.2. The monoisotopic (exact) mass is 281 g/mol. The van der Waals surface area contributed by atoms with Crippen LogP contribution in [0.15, 0.2) is 0 Å². The van der Waals surface area contributed by atoms with Crippen molar-refractivity contribution in [1.82, 2.24) is 15.0 Å². The van der Waals surface area contributed by atoms with Gasteiger partial charge in [0.2, 0.25) is 11.9 Å². The van der Waals surface area contributed by atoms with Crippen molar-refractivity contribution < 1.29 is 4.74 Å². The molecule has 0 spiro atoms. The van der Waals surface area contributed by atoms with Crippen LogP contribution >= 0.6 is 0 Å². The van der Waals surface area contributed by atoms with Gasteiger partial charge in [-0.15, -0.1) is 0 Å². The normalized spacial score (nSPS) is 12.3. The fourth-order valence-corrected chi connectivity index (χ4v) is 2.17. The Morgan fingerprint density at radius 1 is 1.00 bits per heavy atom. The summed E-state index contributed by atoms with van der Waals surface area (Å²) in [6.45, 7) is 11.8. The molecule has 0 aliphatic carbocycles. The Morgan fingerprint density at radius 2 is 1.65 bits per heavy atom. The van der Waals surface area contributed by atoms with E-state index in [0.29, 0.717) is 36.5 Å². The highest BCUT2D eigenvalue weighted by Crippen LogP contribution is 2.18. The lowest BCUT2D eigenvalue weighted by Crippen LogP contribution is -2.26. The molecule has 0 saturated heterocycles. The van der Waals surface area contributed by atoms with Gasteiger partial charge < -0.3 is 15.4 Å². The number of ether oxygens (including phenoxy) is 1. The lowest BCUT2D eigenvalue weighted by atomic mass is 9.96. The van der Waals surface area contributed by atoms with E-state index in [1.165, 1.54) is 0 Å².